The van der Waals surface area contributed by atoms with Gasteiger partial charge < -0.3 is 9.80 Å². The molecule has 1 aliphatic rings. The van der Waals surface area contributed by atoms with Crippen LogP contribution in [-0.4, -0.2) is 42.0 Å². The third-order valence-electron chi connectivity index (χ3n) is 4.21. The van der Waals surface area contributed by atoms with E-state index < -0.39 is 0 Å². The topological polar surface area (TPSA) is 36.4 Å². The number of hydrogen-bond acceptors (Lipinski definition) is 3. The monoisotopic (exact) mass is 303 g/mol. The van der Waals surface area contributed by atoms with Crippen molar-refractivity contribution in [2.45, 2.75) is 52.4 Å². The molecule has 0 spiro atoms. The van der Waals surface area contributed by atoms with Gasteiger partial charge in [-0.3, -0.25) is 9.78 Å². The summed E-state index contributed by atoms with van der Waals surface area (Å²) in [6.07, 6.45) is 8.85. The predicted molar refractivity (Wildman–Crippen MR) is 91.4 cm³/mol. The smallest absolute Gasteiger partial charge is 0.272 e. The van der Waals surface area contributed by atoms with E-state index in [1.54, 1.807) is 6.20 Å². The zero-order valence-corrected chi connectivity index (χ0v) is 14.1. The molecular weight excluding hydrogens is 274 g/mol. The van der Waals surface area contributed by atoms with E-state index in [0.29, 0.717) is 5.69 Å². The van der Waals surface area contributed by atoms with E-state index in [4.69, 9.17) is 0 Å². The lowest BCUT2D eigenvalue weighted by Crippen LogP contribution is -2.33. The molecule has 22 heavy (non-hydrogen) atoms. The van der Waals surface area contributed by atoms with Crippen LogP contribution in [0.15, 0.2) is 18.3 Å². The molecule has 0 saturated carbocycles. The van der Waals surface area contributed by atoms with Crippen LogP contribution in [0, 0.1) is 0 Å². The van der Waals surface area contributed by atoms with E-state index in [9.17, 15) is 4.79 Å². The molecule has 1 aliphatic heterocycles. The second-order valence-corrected chi connectivity index (χ2v) is 6.09. The number of amides is 1. The lowest BCUT2D eigenvalue weighted by atomic mass is 10.2. The Labute approximate surface area is 134 Å². The van der Waals surface area contributed by atoms with E-state index in [0.717, 1.165) is 44.7 Å². The first-order chi connectivity index (χ1) is 10.8. The summed E-state index contributed by atoms with van der Waals surface area (Å²) in [5, 5.41) is 0. The third-order valence-corrected chi connectivity index (χ3v) is 4.21. The molecular formula is C18H29N3O. The van der Waals surface area contributed by atoms with Crippen LogP contribution in [0.4, 0.5) is 5.69 Å². The van der Waals surface area contributed by atoms with Gasteiger partial charge in [0.2, 0.25) is 0 Å². The van der Waals surface area contributed by atoms with Gasteiger partial charge in [-0.25, -0.2) is 0 Å². The first-order valence-corrected chi connectivity index (χ1v) is 8.76. The molecule has 0 aromatic carbocycles. The molecule has 1 saturated heterocycles. The van der Waals surface area contributed by atoms with Gasteiger partial charge in [-0.05, 0) is 37.8 Å². The average molecular weight is 303 g/mol. The van der Waals surface area contributed by atoms with Gasteiger partial charge in [0, 0.05) is 38.1 Å². The summed E-state index contributed by atoms with van der Waals surface area (Å²) in [5.41, 5.74) is 1.73. The highest BCUT2D eigenvalue weighted by atomic mass is 16.2. The SMILES string of the molecule is CCCN(CCC)C(=O)c1cc(N2CCCCCC2)ccn1. The van der Waals surface area contributed by atoms with Gasteiger partial charge >= 0.3 is 0 Å². The number of carbonyl (C=O) groups is 1. The third kappa shape index (κ3) is 4.46. The first-order valence-electron chi connectivity index (χ1n) is 8.76. The highest BCUT2D eigenvalue weighted by Crippen LogP contribution is 2.20. The van der Waals surface area contributed by atoms with Crippen molar-refractivity contribution in [3.63, 3.8) is 0 Å². The second-order valence-electron chi connectivity index (χ2n) is 6.09. The Hall–Kier alpha value is -1.58. The summed E-state index contributed by atoms with van der Waals surface area (Å²) >= 11 is 0. The number of rotatable bonds is 6. The molecule has 0 bridgehead atoms. The van der Waals surface area contributed by atoms with Crippen molar-refractivity contribution < 1.29 is 4.79 Å². The highest BCUT2D eigenvalue weighted by Gasteiger charge is 2.17. The van der Waals surface area contributed by atoms with Crippen LogP contribution >= 0.6 is 0 Å². The maximum absolute atomic E-state index is 12.7. The van der Waals surface area contributed by atoms with Crippen LogP contribution in [0.3, 0.4) is 0 Å². The fourth-order valence-corrected chi connectivity index (χ4v) is 3.08. The molecule has 122 valence electrons. The van der Waals surface area contributed by atoms with Crippen molar-refractivity contribution in [1.82, 2.24) is 9.88 Å². The fraction of sp³-hybridized carbons (Fsp3) is 0.667. The van der Waals surface area contributed by atoms with Gasteiger partial charge in [0.05, 0.1) is 0 Å². The molecule has 2 heterocycles. The molecule has 1 aromatic rings. The van der Waals surface area contributed by atoms with Crippen molar-refractivity contribution in [3.05, 3.63) is 24.0 Å². The van der Waals surface area contributed by atoms with Crippen molar-refractivity contribution in [2.75, 3.05) is 31.1 Å². The standard InChI is InChI=1S/C18H29N3O/c1-3-11-21(12-4-2)18(22)17-15-16(9-10-19-17)20-13-7-5-6-8-14-20/h9-10,15H,3-8,11-14H2,1-2H3. The number of nitrogens with zero attached hydrogens (tertiary/aromatic N) is 3. The van der Waals surface area contributed by atoms with E-state index in [1.807, 2.05) is 17.0 Å². The molecule has 1 amide bonds. The summed E-state index contributed by atoms with van der Waals surface area (Å²) in [6.45, 7) is 8.01. The van der Waals surface area contributed by atoms with Crippen LogP contribution in [0.1, 0.15) is 62.9 Å². The zero-order chi connectivity index (χ0) is 15.8. The van der Waals surface area contributed by atoms with Gasteiger partial charge in [0.1, 0.15) is 5.69 Å². The molecule has 0 radical (unpaired) electrons. The Morgan fingerprint density at radius 3 is 2.36 bits per heavy atom. The normalized spacial score (nSPS) is 15.5. The molecule has 1 fully saturated rings. The molecule has 0 N–H and O–H groups in total. The summed E-state index contributed by atoms with van der Waals surface area (Å²) < 4.78 is 0. The average Bonchev–Trinajstić information content (AvgIpc) is 2.83. The van der Waals surface area contributed by atoms with Crippen molar-refractivity contribution in [1.29, 1.82) is 0 Å². The minimum atomic E-state index is 0.0698. The Kier molecular flexibility index (Phi) is 6.69. The second kappa shape index (κ2) is 8.76. The molecule has 0 atom stereocenters. The zero-order valence-electron chi connectivity index (χ0n) is 14.1. The van der Waals surface area contributed by atoms with Gasteiger partial charge in [0.15, 0.2) is 0 Å². The number of aromatic nitrogens is 1. The Bertz CT molecular complexity index is 461. The Morgan fingerprint density at radius 2 is 1.77 bits per heavy atom. The van der Waals surface area contributed by atoms with E-state index in [1.165, 1.54) is 25.7 Å². The highest BCUT2D eigenvalue weighted by molar-refractivity contribution is 5.93. The molecule has 0 aliphatic carbocycles. The molecule has 2 rings (SSSR count). The van der Waals surface area contributed by atoms with Crippen LogP contribution in [0.2, 0.25) is 0 Å². The maximum atomic E-state index is 12.7. The molecule has 4 heteroatoms. The van der Waals surface area contributed by atoms with Gasteiger partial charge in [-0.15, -0.1) is 0 Å². The quantitative estimate of drug-likeness (QED) is 0.803. The van der Waals surface area contributed by atoms with Gasteiger partial charge in [-0.1, -0.05) is 26.7 Å². The van der Waals surface area contributed by atoms with Crippen LogP contribution in [0.5, 0.6) is 0 Å². The molecule has 4 nitrogen and oxygen atoms in total. The molecule has 1 aromatic heterocycles. The van der Waals surface area contributed by atoms with Crippen molar-refractivity contribution >= 4 is 11.6 Å². The summed E-state index contributed by atoms with van der Waals surface area (Å²) in [5.74, 6) is 0.0698. The largest absolute Gasteiger partial charge is 0.371 e. The minimum absolute atomic E-state index is 0.0698. The van der Waals surface area contributed by atoms with E-state index in [2.05, 4.69) is 23.7 Å². The fourth-order valence-electron chi connectivity index (χ4n) is 3.08. The van der Waals surface area contributed by atoms with Crippen LogP contribution in [0.25, 0.3) is 0 Å². The molecule has 0 unspecified atom stereocenters. The van der Waals surface area contributed by atoms with E-state index in [-0.39, 0.29) is 5.91 Å². The van der Waals surface area contributed by atoms with E-state index >= 15 is 0 Å². The summed E-state index contributed by atoms with van der Waals surface area (Å²) in [4.78, 5) is 21.3. The Balaban J connectivity index is 2.13. The number of pyridine rings is 1. The van der Waals surface area contributed by atoms with Crippen molar-refractivity contribution in [2.24, 2.45) is 0 Å². The number of anilines is 1. The van der Waals surface area contributed by atoms with Gasteiger partial charge in [0.25, 0.3) is 5.91 Å². The van der Waals surface area contributed by atoms with Gasteiger partial charge in [-0.2, -0.15) is 0 Å². The lowest BCUT2D eigenvalue weighted by molar-refractivity contribution is 0.0749. The summed E-state index contributed by atoms with van der Waals surface area (Å²) in [7, 11) is 0. The van der Waals surface area contributed by atoms with Crippen molar-refractivity contribution in [3.8, 4) is 0 Å². The predicted octanol–water partition coefficient (Wildman–Crippen LogP) is 3.72. The van der Waals surface area contributed by atoms with Crippen LogP contribution in [-0.2, 0) is 0 Å². The maximum Gasteiger partial charge on any atom is 0.272 e. The first kappa shape index (κ1) is 16.8. The number of carbonyl (C=O) groups excluding carboxylic acids is 1. The number of hydrogen-bond donors (Lipinski definition) is 0. The minimum Gasteiger partial charge on any atom is -0.371 e. The summed E-state index contributed by atoms with van der Waals surface area (Å²) in [6, 6.07) is 4.01. The van der Waals surface area contributed by atoms with Crippen LogP contribution < -0.4 is 4.90 Å². The Morgan fingerprint density at radius 1 is 1.14 bits per heavy atom. The lowest BCUT2D eigenvalue weighted by Gasteiger charge is -2.24.